The van der Waals surface area contributed by atoms with Crippen LogP contribution in [0.5, 0.6) is 0 Å². The second-order valence-electron chi connectivity index (χ2n) is 2.75. The van der Waals surface area contributed by atoms with Gasteiger partial charge in [0.1, 0.15) is 17.9 Å². The van der Waals surface area contributed by atoms with Crippen molar-refractivity contribution in [1.29, 1.82) is 0 Å². The number of rotatable bonds is 1. The fourth-order valence-corrected chi connectivity index (χ4v) is 1.29. The second kappa shape index (κ2) is 2.55. The maximum Gasteiger partial charge on any atom is 0.408 e. The van der Waals surface area contributed by atoms with Gasteiger partial charge in [0.2, 0.25) is 0 Å². The van der Waals surface area contributed by atoms with Gasteiger partial charge in [0.05, 0.1) is 6.26 Å². The summed E-state index contributed by atoms with van der Waals surface area (Å²) in [4.78, 5) is 10.8. The molecule has 1 N–H and O–H groups in total. The zero-order valence-corrected chi connectivity index (χ0v) is 6.61. The van der Waals surface area contributed by atoms with Crippen LogP contribution in [0, 0.1) is 0 Å². The summed E-state index contributed by atoms with van der Waals surface area (Å²) in [7, 11) is 0. The molecule has 1 fully saturated rings. The molecular formula is C8H9NO3. The lowest BCUT2D eigenvalue weighted by Gasteiger charge is -2.08. The van der Waals surface area contributed by atoms with Gasteiger partial charge in [-0.15, -0.1) is 0 Å². The largest absolute Gasteiger partial charge is 0.467 e. The molecule has 1 saturated heterocycles. The van der Waals surface area contributed by atoms with Gasteiger partial charge in [0, 0.05) is 0 Å². The van der Waals surface area contributed by atoms with Gasteiger partial charge in [-0.05, 0) is 19.1 Å². The number of nitrogens with one attached hydrogen (secondary N) is 1. The molecule has 2 rings (SSSR count). The van der Waals surface area contributed by atoms with Crippen LogP contribution in [0.4, 0.5) is 4.79 Å². The summed E-state index contributed by atoms with van der Waals surface area (Å²) in [5, 5.41) is 2.65. The number of hydrogen-bond acceptors (Lipinski definition) is 3. The van der Waals surface area contributed by atoms with Gasteiger partial charge in [-0.25, -0.2) is 4.79 Å². The van der Waals surface area contributed by atoms with Gasteiger partial charge in [-0.3, -0.25) is 0 Å². The lowest BCUT2D eigenvalue weighted by molar-refractivity contribution is 0.139. The van der Waals surface area contributed by atoms with Crippen molar-refractivity contribution >= 4 is 6.09 Å². The number of cyclic esters (lactones) is 1. The monoisotopic (exact) mass is 167 g/mol. The molecule has 0 aliphatic carbocycles. The Hall–Kier alpha value is -1.45. The minimum Gasteiger partial charge on any atom is -0.467 e. The van der Waals surface area contributed by atoms with Crippen LogP contribution in [-0.2, 0) is 4.74 Å². The van der Waals surface area contributed by atoms with Crippen molar-refractivity contribution in [2.45, 2.75) is 19.1 Å². The highest BCUT2D eigenvalue weighted by atomic mass is 16.6. The van der Waals surface area contributed by atoms with Gasteiger partial charge >= 0.3 is 6.09 Å². The van der Waals surface area contributed by atoms with E-state index in [-0.39, 0.29) is 18.2 Å². The summed E-state index contributed by atoms with van der Waals surface area (Å²) in [6.07, 6.45) is 1.03. The molecule has 0 radical (unpaired) electrons. The Bertz CT molecular complexity index is 281. The first kappa shape index (κ1) is 7.21. The molecule has 2 atom stereocenters. The van der Waals surface area contributed by atoms with E-state index in [0.717, 1.165) is 5.76 Å². The molecule has 4 heteroatoms. The first-order valence-corrected chi connectivity index (χ1v) is 3.78. The summed E-state index contributed by atoms with van der Waals surface area (Å²) >= 11 is 0. The third kappa shape index (κ3) is 1.05. The lowest BCUT2D eigenvalue weighted by Crippen LogP contribution is -2.20. The lowest BCUT2D eigenvalue weighted by atomic mass is 10.1. The summed E-state index contributed by atoms with van der Waals surface area (Å²) in [6.45, 7) is 1.82. The number of alkyl carbamates (subject to hydrolysis) is 1. The average Bonchev–Trinajstić information content (AvgIpc) is 2.58. The van der Waals surface area contributed by atoms with E-state index >= 15 is 0 Å². The standard InChI is InChI=1S/C8H9NO3/c1-5-7(9-8(10)12-5)6-3-2-4-11-6/h2-5,7H,1H3,(H,9,10). The Morgan fingerprint density at radius 3 is 2.92 bits per heavy atom. The fourth-order valence-electron chi connectivity index (χ4n) is 1.29. The Balaban J connectivity index is 2.20. The third-order valence-corrected chi connectivity index (χ3v) is 1.89. The van der Waals surface area contributed by atoms with Crippen LogP contribution in [0.1, 0.15) is 18.7 Å². The van der Waals surface area contributed by atoms with Gasteiger partial charge < -0.3 is 14.5 Å². The third-order valence-electron chi connectivity index (χ3n) is 1.89. The molecule has 2 unspecified atom stereocenters. The predicted octanol–water partition coefficient (Wildman–Crippen LogP) is 1.45. The van der Waals surface area contributed by atoms with Gasteiger partial charge in [0.15, 0.2) is 0 Å². The van der Waals surface area contributed by atoms with E-state index < -0.39 is 0 Å². The highest BCUT2D eigenvalue weighted by Gasteiger charge is 2.33. The van der Waals surface area contributed by atoms with Crippen molar-refractivity contribution in [2.24, 2.45) is 0 Å². The zero-order valence-electron chi connectivity index (χ0n) is 6.61. The van der Waals surface area contributed by atoms with Crippen LogP contribution >= 0.6 is 0 Å². The maximum absolute atomic E-state index is 10.8. The fraction of sp³-hybridized carbons (Fsp3) is 0.375. The SMILES string of the molecule is CC1OC(=O)NC1c1ccco1. The number of hydrogen-bond donors (Lipinski definition) is 1. The summed E-state index contributed by atoms with van der Waals surface area (Å²) in [5.41, 5.74) is 0. The van der Waals surface area contributed by atoms with E-state index in [9.17, 15) is 4.79 Å². The number of carbonyl (C=O) groups excluding carboxylic acids is 1. The molecular weight excluding hydrogens is 158 g/mol. The van der Waals surface area contributed by atoms with Crippen molar-refractivity contribution in [3.63, 3.8) is 0 Å². The molecule has 1 amide bonds. The van der Waals surface area contributed by atoms with Crippen molar-refractivity contribution in [2.75, 3.05) is 0 Å². The van der Waals surface area contributed by atoms with E-state index in [1.807, 2.05) is 13.0 Å². The number of carbonyl (C=O) groups is 1. The van der Waals surface area contributed by atoms with E-state index in [1.54, 1.807) is 12.3 Å². The van der Waals surface area contributed by atoms with Crippen LogP contribution in [0.15, 0.2) is 22.8 Å². The molecule has 64 valence electrons. The van der Waals surface area contributed by atoms with E-state index in [4.69, 9.17) is 9.15 Å². The number of furan rings is 1. The van der Waals surface area contributed by atoms with Crippen LogP contribution in [0.3, 0.4) is 0 Å². The average molecular weight is 167 g/mol. The molecule has 1 aromatic rings. The zero-order chi connectivity index (χ0) is 8.55. The van der Waals surface area contributed by atoms with E-state index in [0.29, 0.717) is 0 Å². The van der Waals surface area contributed by atoms with Crippen LogP contribution < -0.4 is 5.32 Å². The first-order chi connectivity index (χ1) is 5.77. The molecule has 1 aromatic heterocycles. The molecule has 1 aliphatic rings. The van der Waals surface area contributed by atoms with Crippen LogP contribution in [0.2, 0.25) is 0 Å². The van der Waals surface area contributed by atoms with Crippen molar-refractivity contribution < 1.29 is 13.9 Å². The molecule has 0 bridgehead atoms. The first-order valence-electron chi connectivity index (χ1n) is 3.78. The molecule has 0 saturated carbocycles. The van der Waals surface area contributed by atoms with Crippen LogP contribution in [0.25, 0.3) is 0 Å². The summed E-state index contributed by atoms with van der Waals surface area (Å²) in [6, 6.07) is 3.45. The highest BCUT2D eigenvalue weighted by Crippen LogP contribution is 2.24. The normalized spacial score (nSPS) is 28.2. The van der Waals surface area contributed by atoms with E-state index in [1.165, 1.54) is 0 Å². The minimum absolute atomic E-state index is 0.146. The number of amides is 1. The molecule has 2 heterocycles. The quantitative estimate of drug-likeness (QED) is 0.688. The predicted molar refractivity (Wildman–Crippen MR) is 40.5 cm³/mol. The molecule has 0 aromatic carbocycles. The topological polar surface area (TPSA) is 51.5 Å². The van der Waals surface area contributed by atoms with Crippen molar-refractivity contribution in [3.8, 4) is 0 Å². The highest BCUT2D eigenvalue weighted by molar-refractivity contribution is 5.70. The van der Waals surface area contributed by atoms with Crippen molar-refractivity contribution in [3.05, 3.63) is 24.2 Å². The van der Waals surface area contributed by atoms with Crippen LogP contribution in [-0.4, -0.2) is 12.2 Å². The van der Waals surface area contributed by atoms with Gasteiger partial charge in [-0.2, -0.15) is 0 Å². The van der Waals surface area contributed by atoms with Gasteiger partial charge in [0.25, 0.3) is 0 Å². The maximum atomic E-state index is 10.8. The number of ether oxygens (including phenoxy) is 1. The minimum atomic E-state index is -0.385. The van der Waals surface area contributed by atoms with Crippen molar-refractivity contribution in [1.82, 2.24) is 5.32 Å². The van der Waals surface area contributed by atoms with Gasteiger partial charge in [-0.1, -0.05) is 0 Å². The Morgan fingerprint density at radius 1 is 1.58 bits per heavy atom. The molecule has 0 spiro atoms. The smallest absolute Gasteiger partial charge is 0.408 e. The molecule has 12 heavy (non-hydrogen) atoms. The summed E-state index contributed by atoms with van der Waals surface area (Å²) < 4.78 is 10.0. The molecule has 4 nitrogen and oxygen atoms in total. The second-order valence-corrected chi connectivity index (χ2v) is 2.75. The van der Waals surface area contributed by atoms with E-state index in [2.05, 4.69) is 5.32 Å². The Kier molecular flexibility index (Phi) is 1.53. The Labute approximate surface area is 69.5 Å². The summed E-state index contributed by atoms with van der Waals surface area (Å²) in [5.74, 6) is 0.730. The Morgan fingerprint density at radius 2 is 2.42 bits per heavy atom. The molecule has 1 aliphatic heterocycles.